The topological polar surface area (TPSA) is 49.9 Å². The lowest BCUT2D eigenvalue weighted by Gasteiger charge is -2.27. The third kappa shape index (κ3) is 4.46. The van der Waals surface area contributed by atoms with Gasteiger partial charge in [0.1, 0.15) is 0 Å². The number of benzene rings is 3. The highest BCUT2D eigenvalue weighted by Crippen LogP contribution is 2.52. The summed E-state index contributed by atoms with van der Waals surface area (Å²) in [6.07, 6.45) is 7.72. The van der Waals surface area contributed by atoms with E-state index in [0.29, 0.717) is 27.7 Å². The van der Waals surface area contributed by atoms with Gasteiger partial charge < -0.3 is 9.64 Å². The second-order valence-corrected chi connectivity index (χ2v) is 11.2. The zero-order chi connectivity index (χ0) is 26.1. The summed E-state index contributed by atoms with van der Waals surface area (Å²) in [6, 6.07) is 27.7. The van der Waals surface area contributed by atoms with Crippen LogP contribution in [0.15, 0.2) is 89.8 Å². The number of fused-ring (bicyclic) bond motifs is 3. The van der Waals surface area contributed by atoms with Crippen molar-refractivity contribution in [2.75, 3.05) is 11.6 Å². The van der Waals surface area contributed by atoms with Gasteiger partial charge in [-0.05, 0) is 53.8 Å². The van der Waals surface area contributed by atoms with Crippen molar-refractivity contribution in [2.24, 2.45) is 0 Å². The van der Waals surface area contributed by atoms with Gasteiger partial charge in [0.2, 0.25) is 0 Å². The molecule has 6 rings (SSSR count). The van der Waals surface area contributed by atoms with Gasteiger partial charge in [0.15, 0.2) is 11.1 Å². The van der Waals surface area contributed by atoms with Gasteiger partial charge in [0.25, 0.3) is 12.4 Å². The molecular weight excluding hydrogens is 512 g/mol. The molecule has 2 atom stereocenters. The number of hydrogen-bond donors (Lipinski definition) is 0. The quantitative estimate of drug-likeness (QED) is 0.186. The van der Waals surface area contributed by atoms with E-state index in [-0.39, 0.29) is 12.6 Å². The second kappa shape index (κ2) is 10.6. The van der Waals surface area contributed by atoms with Gasteiger partial charge in [-0.25, -0.2) is 0 Å². The molecule has 2 aliphatic heterocycles. The van der Waals surface area contributed by atoms with Gasteiger partial charge in [-0.1, -0.05) is 97.1 Å². The molecule has 3 aromatic rings. The lowest BCUT2D eigenvalue weighted by molar-refractivity contribution is -0.135. The van der Waals surface area contributed by atoms with E-state index in [1.165, 1.54) is 52.9 Å². The number of anilines is 2. The Kier molecular flexibility index (Phi) is 6.87. The summed E-state index contributed by atoms with van der Waals surface area (Å²) in [6.45, 7) is 0.136. The first-order valence-electron chi connectivity index (χ1n) is 12.7. The molecule has 0 aromatic heterocycles. The highest BCUT2D eigenvalue weighted by atomic mass is 32.2. The van der Waals surface area contributed by atoms with Gasteiger partial charge in [-0.2, -0.15) is 0 Å². The zero-order valence-corrected chi connectivity index (χ0v) is 22.3. The monoisotopic (exact) mass is 538 g/mol. The Morgan fingerprint density at radius 1 is 1.03 bits per heavy atom. The van der Waals surface area contributed by atoms with Gasteiger partial charge >= 0.3 is 0 Å². The van der Waals surface area contributed by atoms with Gasteiger partial charge in [-0.3, -0.25) is 14.5 Å². The number of rotatable bonds is 7. The summed E-state index contributed by atoms with van der Waals surface area (Å²) in [4.78, 5) is 28.3. The van der Waals surface area contributed by atoms with Crippen molar-refractivity contribution >= 4 is 63.7 Å². The Morgan fingerprint density at radius 3 is 2.55 bits per heavy atom. The van der Waals surface area contributed by atoms with Gasteiger partial charge in [0, 0.05) is 28.9 Å². The third-order valence-electron chi connectivity index (χ3n) is 7.45. The standard InChI is InChI=1S/C31H26N2O3S2/c34-20-36-19-32-30(35)29(38-31(32)37)24(22-8-3-1-4-9-22)16-14-21-15-17-28-26(18-21)25-12-7-13-27(25)33(28)23-10-5-2-6-11-23/h1-6,8-11,14-18,20,25,27H,7,12-13,19H2/b16-14+,29-24-. The predicted molar refractivity (Wildman–Crippen MR) is 157 cm³/mol. The summed E-state index contributed by atoms with van der Waals surface area (Å²) in [5, 5.41) is 0. The molecule has 0 bridgehead atoms. The molecule has 38 heavy (non-hydrogen) atoms. The van der Waals surface area contributed by atoms with Crippen molar-refractivity contribution in [3.05, 3.63) is 107 Å². The Bertz CT molecular complexity index is 1450. The summed E-state index contributed by atoms with van der Waals surface area (Å²) in [7, 11) is 0. The number of carbonyl (C=O) groups excluding carboxylic acids is 2. The number of hydrogen-bond acceptors (Lipinski definition) is 6. The van der Waals surface area contributed by atoms with Crippen LogP contribution in [0, 0.1) is 0 Å². The molecule has 1 aliphatic carbocycles. The van der Waals surface area contributed by atoms with Crippen LogP contribution in [-0.2, 0) is 14.3 Å². The van der Waals surface area contributed by atoms with Crippen molar-refractivity contribution in [2.45, 2.75) is 31.2 Å². The maximum Gasteiger partial charge on any atom is 0.294 e. The highest BCUT2D eigenvalue weighted by molar-refractivity contribution is 8.26. The number of para-hydroxylation sites is 1. The molecular formula is C31H26N2O3S2. The smallest absolute Gasteiger partial charge is 0.294 e. The molecule has 1 saturated carbocycles. The van der Waals surface area contributed by atoms with E-state index in [2.05, 4.69) is 59.5 Å². The van der Waals surface area contributed by atoms with Crippen molar-refractivity contribution in [1.82, 2.24) is 4.90 Å². The van der Waals surface area contributed by atoms with Crippen molar-refractivity contribution in [1.29, 1.82) is 0 Å². The summed E-state index contributed by atoms with van der Waals surface area (Å²) >= 11 is 6.65. The maximum absolute atomic E-state index is 13.2. The molecule has 5 nitrogen and oxygen atoms in total. The van der Waals surface area contributed by atoms with Gasteiger partial charge in [-0.15, -0.1) is 0 Å². The predicted octanol–water partition coefficient (Wildman–Crippen LogP) is 6.89. The van der Waals surface area contributed by atoms with Gasteiger partial charge in [0.05, 0.1) is 4.91 Å². The Morgan fingerprint density at radius 2 is 1.79 bits per heavy atom. The molecule has 1 saturated heterocycles. The van der Waals surface area contributed by atoms with Crippen LogP contribution >= 0.6 is 24.0 Å². The zero-order valence-electron chi connectivity index (χ0n) is 20.7. The Balaban J connectivity index is 1.36. The van der Waals surface area contributed by atoms with Crippen LogP contribution in [0.5, 0.6) is 0 Å². The first kappa shape index (κ1) is 24.6. The number of thioether (sulfide) groups is 1. The fourth-order valence-electron chi connectivity index (χ4n) is 5.78. The van der Waals surface area contributed by atoms with E-state index >= 15 is 0 Å². The molecule has 1 amide bonds. The maximum atomic E-state index is 13.2. The second-order valence-electron chi connectivity index (χ2n) is 9.56. The fourth-order valence-corrected chi connectivity index (χ4v) is 7.08. The highest BCUT2D eigenvalue weighted by Gasteiger charge is 2.42. The van der Waals surface area contributed by atoms with Crippen LogP contribution in [0.2, 0.25) is 0 Å². The minimum atomic E-state index is -0.258. The molecule has 2 fully saturated rings. The number of thiocarbonyl (C=S) groups is 1. The molecule has 0 radical (unpaired) electrons. The molecule has 0 N–H and O–H groups in total. The minimum Gasteiger partial charge on any atom is -0.446 e. The van der Waals surface area contributed by atoms with Crippen LogP contribution in [0.4, 0.5) is 11.4 Å². The average molecular weight is 539 g/mol. The molecule has 2 heterocycles. The largest absolute Gasteiger partial charge is 0.446 e. The minimum absolute atomic E-state index is 0.186. The summed E-state index contributed by atoms with van der Waals surface area (Å²) in [5.74, 6) is 0.271. The first-order valence-corrected chi connectivity index (χ1v) is 13.9. The van der Waals surface area contributed by atoms with E-state index in [4.69, 9.17) is 17.0 Å². The van der Waals surface area contributed by atoms with E-state index in [1.807, 2.05) is 36.4 Å². The van der Waals surface area contributed by atoms with E-state index in [1.54, 1.807) is 0 Å². The normalized spacial score (nSPS) is 21.7. The van der Waals surface area contributed by atoms with Crippen molar-refractivity contribution < 1.29 is 14.3 Å². The van der Waals surface area contributed by atoms with Crippen LogP contribution in [0.3, 0.4) is 0 Å². The van der Waals surface area contributed by atoms with E-state index in [0.717, 1.165) is 16.7 Å². The molecule has 0 spiro atoms. The summed E-state index contributed by atoms with van der Waals surface area (Å²) < 4.78 is 5.19. The van der Waals surface area contributed by atoms with Crippen molar-refractivity contribution in [3.8, 4) is 0 Å². The van der Waals surface area contributed by atoms with Crippen LogP contribution in [0.1, 0.15) is 41.9 Å². The van der Waals surface area contributed by atoms with Crippen LogP contribution in [0.25, 0.3) is 11.6 Å². The Labute approximate surface area is 231 Å². The number of nitrogens with zero attached hydrogens (tertiary/aromatic N) is 2. The molecule has 2 unspecified atom stereocenters. The number of amides is 1. The van der Waals surface area contributed by atoms with Crippen LogP contribution in [-0.4, -0.2) is 34.4 Å². The van der Waals surface area contributed by atoms with Crippen molar-refractivity contribution in [3.63, 3.8) is 0 Å². The average Bonchev–Trinajstić information content (AvgIpc) is 3.62. The first-order chi connectivity index (χ1) is 18.7. The number of allylic oxidation sites excluding steroid dienone is 2. The van der Waals surface area contributed by atoms with Crippen LogP contribution < -0.4 is 4.90 Å². The SMILES string of the molecule is O=COCN1C(=O)/C(=C(\C=C\c2ccc3c(c2)C2CCCC2N3c2ccccc2)c2ccccc2)SC1=S. The lowest BCUT2D eigenvalue weighted by Crippen LogP contribution is -2.30. The third-order valence-corrected chi connectivity index (χ3v) is 8.91. The number of carbonyl (C=O) groups is 2. The molecule has 7 heteroatoms. The number of ether oxygens (including phenoxy) is 1. The Hall–Kier alpha value is -3.68. The molecule has 3 aliphatic rings. The van der Waals surface area contributed by atoms with E-state index < -0.39 is 0 Å². The summed E-state index contributed by atoms with van der Waals surface area (Å²) in [5.41, 5.74) is 6.75. The molecule has 3 aromatic carbocycles. The molecule has 190 valence electrons. The lowest BCUT2D eigenvalue weighted by atomic mass is 9.95. The van der Waals surface area contributed by atoms with E-state index in [9.17, 15) is 9.59 Å². The fraction of sp³-hybridized carbons (Fsp3) is 0.194.